The van der Waals surface area contributed by atoms with Crippen LogP contribution in [0.15, 0.2) is 18.3 Å². The molecule has 2 heterocycles. The molecule has 0 aliphatic carbocycles. The number of halogens is 1. The Kier molecular flexibility index (Phi) is 7.94. The summed E-state index contributed by atoms with van der Waals surface area (Å²) in [5.41, 5.74) is 6.12. The standard InChI is InChI=1S/C16H24N4O3.ClH/c1-3-23-16(22)13-4-5-14(18-11-13)19-6-8-20(9-7-19)15(21)10-12(2)17;/h4-5,11-12H,3,6-10,17H2,1-2H3;1H. The fourth-order valence-electron chi connectivity index (χ4n) is 2.50. The van der Waals surface area contributed by atoms with Crippen molar-refractivity contribution in [2.75, 3.05) is 37.7 Å². The Morgan fingerprint density at radius 1 is 1.29 bits per heavy atom. The summed E-state index contributed by atoms with van der Waals surface area (Å²) < 4.78 is 4.94. The van der Waals surface area contributed by atoms with Crippen molar-refractivity contribution >= 4 is 30.1 Å². The van der Waals surface area contributed by atoms with Crippen LogP contribution in [-0.2, 0) is 9.53 Å². The molecule has 24 heavy (non-hydrogen) atoms. The van der Waals surface area contributed by atoms with E-state index in [0.29, 0.717) is 31.7 Å². The molecule has 8 heteroatoms. The fraction of sp³-hybridized carbons (Fsp3) is 0.562. The van der Waals surface area contributed by atoms with Gasteiger partial charge in [-0.05, 0) is 26.0 Å². The average molecular weight is 357 g/mol. The van der Waals surface area contributed by atoms with E-state index >= 15 is 0 Å². The Morgan fingerprint density at radius 2 is 1.96 bits per heavy atom. The lowest BCUT2D eigenvalue weighted by atomic mass is 10.2. The highest BCUT2D eigenvalue weighted by atomic mass is 35.5. The highest BCUT2D eigenvalue weighted by molar-refractivity contribution is 5.89. The minimum atomic E-state index is -0.363. The van der Waals surface area contributed by atoms with Crippen LogP contribution in [0, 0.1) is 0 Å². The van der Waals surface area contributed by atoms with Crippen molar-refractivity contribution in [1.29, 1.82) is 0 Å². The van der Waals surface area contributed by atoms with Crippen molar-refractivity contribution in [1.82, 2.24) is 9.88 Å². The smallest absolute Gasteiger partial charge is 0.339 e. The molecular formula is C16H25ClN4O3. The number of carbonyl (C=O) groups is 2. The maximum absolute atomic E-state index is 12.0. The van der Waals surface area contributed by atoms with Crippen molar-refractivity contribution in [3.63, 3.8) is 0 Å². The zero-order valence-electron chi connectivity index (χ0n) is 14.1. The van der Waals surface area contributed by atoms with E-state index in [2.05, 4.69) is 9.88 Å². The summed E-state index contributed by atoms with van der Waals surface area (Å²) >= 11 is 0. The normalized spacial score (nSPS) is 15.5. The lowest BCUT2D eigenvalue weighted by molar-refractivity contribution is -0.131. The van der Waals surface area contributed by atoms with Gasteiger partial charge in [0.2, 0.25) is 5.91 Å². The number of aromatic nitrogens is 1. The van der Waals surface area contributed by atoms with Gasteiger partial charge in [0.15, 0.2) is 0 Å². The zero-order valence-corrected chi connectivity index (χ0v) is 14.9. The lowest BCUT2D eigenvalue weighted by Gasteiger charge is -2.35. The number of nitrogens with two attached hydrogens (primary N) is 1. The van der Waals surface area contributed by atoms with Gasteiger partial charge in [-0.1, -0.05) is 0 Å². The molecule has 1 saturated heterocycles. The van der Waals surface area contributed by atoms with Crippen molar-refractivity contribution in [2.24, 2.45) is 5.73 Å². The van der Waals surface area contributed by atoms with Crippen LogP contribution >= 0.6 is 12.4 Å². The molecule has 7 nitrogen and oxygen atoms in total. The monoisotopic (exact) mass is 356 g/mol. The average Bonchev–Trinajstić information content (AvgIpc) is 2.55. The number of rotatable bonds is 5. The van der Waals surface area contributed by atoms with Crippen LogP contribution in [0.4, 0.5) is 5.82 Å². The van der Waals surface area contributed by atoms with Crippen LogP contribution in [0.5, 0.6) is 0 Å². The number of esters is 1. The summed E-state index contributed by atoms with van der Waals surface area (Å²) in [7, 11) is 0. The summed E-state index contributed by atoms with van der Waals surface area (Å²) in [6.45, 7) is 6.71. The van der Waals surface area contributed by atoms with Crippen molar-refractivity contribution < 1.29 is 14.3 Å². The second kappa shape index (κ2) is 9.44. The van der Waals surface area contributed by atoms with Crippen LogP contribution in [0.25, 0.3) is 0 Å². The Labute approximate surface area is 148 Å². The molecule has 1 atom stereocenters. The van der Waals surface area contributed by atoms with Gasteiger partial charge >= 0.3 is 5.97 Å². The number of piperazine rings is 1. The molecule has 1 aromatic rings. The Balaban J connectivity index is 0.00000288. The molecule has 1 aliphatic heterocycles. The lowest BCUT2D eigenvalue weighted by Crippen LogP contribution is -2.49. The van der Waals surface area contributed by atoms with Gasteiger partial charge in [-0.2, -0.15) is 0 Å². The molecule has 2 N–H and O–H groups in total. The molecule has 0 saturated carbocycles. The van der Waals surface area contributed by atoms with Gasteiger partial charge < -0.3 is 20.3 Å². The minimum absolute atomic E-state index is 0. The second-order valence-electron chi connectivity index (χ2n) is 5.67. The third-order valence-electron chi connectivity index (χ3n) is 3.71. The predicted molar refractivity (Wildman–Crippen MR) is 94.5 cm³/mol. The third kappa shape index (κ3) is 5.35. The molecule has 1 amide bonds. The number of nitrogens with zero attached hydrogens (tertiary/aromatic N) is 3. The maximum Gasteiger partial charge on any atom is 0.339 e. The number of anilines is 1. The number of amides is 1. The molecule has 0 bridgehead atoms. The van der Waals surface area contributed by atoms with Crippen molar-refractivity contribution in [3.05, 3.63) is 23.9 Å². The van der Waals surface area contributed by atoms with E-state index in [1.54, 1.807) is 13.0 Å². The number of hydrogen-bond donors (Lipinski definition) is 1. The topological polar surface area (TPSA) is 88.8 Å². The van der Waals surface area contributed by atoms with Gasteiger partial charge in [0.05, 0.1) is 12.2 Å². The summed E-state index contributed by atoms with van der Waals surface area (Å²) in [6, 6.07) is 3.41. The Hall–Kier alpha value is -1.86. The van der Waals surface area contributed by atoms with E-state index in [4.69, 9.17) is 10.5 Å². The van der Waals surface area contributed by atoms with Crippen molar-refractivity contribution in [3.8, 4) is 0 Å². The largest absolute Gasteiger partial charge is 0.462 e. The highest BCUT2D eigenvalue weighted by Gasteiger charge is 2.22. The summed E-state index contributed by atoms with van der Waals surface area (Å²) in [4.78, 5) is 31.9. The van der Waals surface area contributed by atoms with E-state index in [1.807, 2.05) is 17.9 Å². The molecule has 134 valence electrons. The number of hydrogen-bond acceptors (Lipinski definition) is 6. The molecule has 2 rings (SSSR count). The summed E-state index contributed by atoms with van der Waals surface area (Å²) in [5.74, 6) is 0.542. The molecule has 0 radical (unpaired) electrons. The zero-order chi connectivity index (χ0) is 16.8. The molecule has 0 spiro atoms. The first-order valence-electron chi connectivity index (χ1n) is 7.92. The van der Waals surface area contributed by atoms with Gasteiger partial charge in [0.25, 0.3) is 0 Å². The number of carbonyl (C=O) groups excluding carboxylic acids is 2. The molecule has 1 unspecified atom stereocenters. The molecule has 0 aromatic carbocycles. The second-order valence-corrected chi connectivity index (χ2v) is 5.67. The predicted octanol–water partition coefficient (Wildman–Crippen LogP) is 1.07. The van der Waals surface area contributed by atoms with E-state index in [9.17, 15) is 9.59 Å². The van der Waals surface area contributed by atoms with Crippen LogP contribution in [0.1, 0.15) is 30.6 Å². The molecule has 1 fully saturated rings. The van der Waals surface area contributed by atoms with Crippen LogP contribution in [-0.4, -0.2) is 60.6 Å². The van der Waals surface area contributed by atoms with Gasteiger partial charge in [-0.3, -0.25) is 4.79 Å². The van der Waals surface area contributed by atoms with Gasteiger partial charge in [-0.15, -0.1) is 12.4 Å². The SMILES string of the molecule is CCOC(=O)c1ccc(N2CCN(C(=O)CC(C)N)CC2)nc1.Cl. The van der Waals surface area contributed by atoms with Crippen LogP contribution < -0.4 is 10.6 Å². The summed E-state index contributed by atoms with van der Waals surface area (Å²) in [5, 5.41) is 0. The first-order valence-corrected chi connectivity index (χ1v) is 7.92. The van der Waals surface area contributed by atoms with Gasteiger partial charge in [-0.25, -0.2) is 9.78 Å². The molecular weight excluding hydrogens is 332 g/mol. The number of pyridine rings is 1. The van der Waals surface area contributed by atoms with E-state index in [1.165, 1.54) is 6.20 Å². The maximum atomic E-state index is 12.0. The van der Waals surface area contributed by atoms with Crippen LogP contribution in [0.2, 0.25) is 0 Å². The Bertz CT molecular complexity index is 543. The first kappa shape index (κ1) is 20.2. The first-order chi connectivity index (χ1) is 11.0. The van der Waals surface area contributed by atoms with Gasteiger partial charge in [0.1, 0.15) is 5.82 Å². The molecule has 1 aliphatic rings. The Morgan fingerprint density at radius 3 is 2.46 bits per heavy atom. The van der Waals surface area contributed by atoms with E-state index in [-0.39, 0.29) is 30.3 Å². The van der Waals surface area contributed by atoms with E-state index < -0.39 is 0 Å². The fourth-order valence-corrected chi connectivity index (χ4v) is 2.50. The van der Waals surface area contributed by atoms with E-state index in [0.717, 1.165) is 18.9 Å². The number of ether oxygens (including phenoxy) is 1. The highest BCUT2D eigenvalue weighted by Crippen LogP contribution is 2.15. The minimum Gasteiger partial charge on any atom is -0.462 e. The van der Waals surface area contributed by atoms with Crippen LogP contribution in [0.3, 0.4) is 0 Å². The third-order valence-corrected chi connectivity index (χ3v) is 3.71. The summed E-state index contributed by atoms with van der Waals surface area (Å²) in [6.07, 6.45) is 1.91. The molecule has 1 aromatic heterocycles. The van der Waals surface area contributed by atoms with Crippen molar-refractivity contribution in [2.45, 2.75) is 26.3 Å². The quantitative estimate of drug-likeness (QED) is 0.794. The van der Waals surface area contributed by atoms with Gasteiger partial charge in [0, 0.05) is 44.8 Å².